The molecule has 0 saturated carbocycles. The lowest BCUT2D eigenvalue weighted by Gasteiger charge is -2.07. The van der Waals surface area contributed by atoms with Crippen LogP contribution in [0.25, 0.3) is 0 Å². The number of carboxylic acid groups (broad SMARTS) is 1. The summed E-state index contributed by atoms with van der Waals surface area (Å²) < 4.78 is 0. The van der Waals surface area contributed by atoms with E-state index in [4.69, 9.17) is 10.2 Å². The van der Waals surface area contributed by atoms with Crippen molar-refractivity contribution >= 4 is 28.5 Å². The van der Waals surface area contributed by atoms with Gasteiger partial charge in [0.1, 0.15) is 0 Å². The van der Waals surface area contributed by atoms with Crippen molar-refractivity contribution in [2.45, 2.75) is 31.8 Å². The van der Waals surface area contributed by atoms with E-state index in [-0.39, 0.29) is 13.0 Å². The number of aliphatic carboxylic acids is 1. The van der Waals surface area contributed by atoms with Crippen LogP contribution in [0.15, 0.2) is 0 Å². The third-order valence-electron chi connectivity index (χ3n) is 2.80. The summed E-state index contributed by atoms with van der Waals surface area (Å²) in [7, 11) is 0. The lowest BCUT2D eigenvalue weighted by atomic mass is 10.2. The largest absolute Gasteiger partial charge is 0.479 e. The molecule has 0 aliphatic heterocycles. The molecule has 0 saturated heterocycles. The van der Waals surface area contributed by atoms with E-state index in [9.17, 15) is 9.59 Å². The Balaban J connectivity index is 1.73. The summed E-state index contributed by atoms with van der Waals surface area (Å²) in [5.41, 5.74) is 1.06. The molecule has 0 spiro atoms. The van der Waals surface area contributed by atoms with Gasteiger partial charge < -0.3 is 15.5 Å². The molecule has 0 aromatic carbocycles. The maximum Gasteiger partial charge on any atom is 0.332 e. The number of carboxylic acids is 1. The molecular weight excluding hydrogens is 270 g/mol. The lowest BCUT2D eigenvalue weighted by Crippen LogP contribution is -2.33. The summed E-state index contributed by atoms with van der Waals surface area (Å²) in [4.78, 5) is 27.4. The Bertz CT molecular complexity index is 467. The highest BCUT2D eigenvalue weighted by atomic mass is 32.1. The molecule has 1 atom stereocenters. The summed E-state index contributed by atoms with van der Waals surface area (Å²) in [5, 5.41) is 23.1. The molecule has 104 valence electrons. The van der Waals surface area contributed by atoms with Gasteiger partial charge in [-0.1, -0.05) is 0 Å². The van der Waals surface area contributed by atoms with Crippen LogP contribution in [0.4, 0.5) is 9.93 Å². The maximum atomic E-state index is 11.5. The minimum absolute atomic E-state index is 0.0306. The number of anilines is 1. The molecular formula is C11H15N3O4S. The van der Waals surface area contributed by atoms with E-state index in [1.54, 1.807) is 0 Å². The first-order valence-corrected chi connectivity index (χ1v) is 6.82. The molecule has 0 bridgehead atoms. The second-order valence-corrected chi connectivity index (χ2v) is 5.35. The molecule has 0 radical (unpaired) electrons. The van der Waals surface area contributed by atoms with Crippen molar-refractivity contribution in [3.8, 4) is 0 Å². The van der Waals surface area contributed by atoms with Crippen LogP contribution in [0.3, 0.4) is 0 Å². The summed E-state index contributed by atoms with van der Waals surface area (Å²) >= 11 is 1.47. The Labute approximate surface area is 113 Å². The van der Waals surface area contributed by atoms with Crippen molar-refractivity contribution < 1.29 is 19.8 Å². The number of thiazole rings is 1. The zero-order chi connectivity index (χ0) is 13.8. The molecule has 1 aromatic heterocycles. The first-order chi connectivity index (χ1) is 9.06. The van der Waals surface area contributed by atoms with Gasteiger partial charge in [-0.05, 0) is 19.3 Å². The van der Waals surface area contributed by atoms with Crippen molar-refractivity contribution in [1.82, 2.24) is 10.3 Å². The number of nitrogens with one attached hydrogen (secondary N) is 2. The number of aromatic nitrogens is 1. The highest BCUT2D eigenvalue weighted by molar-refractivity contribution is 7.15. The SMILES string of the molecule is O=C(NCC[C@H](O)C(=O)O)Nc1nc2c(s1)CCC2. The molecule has 1 aliphatic rings. The fourth-order valence-electron chi connectivity index (χ4n) is 1.83. The van der Waals surface area contributed by atoms with Crippen LogP contribution < -0.4 is 10.6 Å². The zero-order valence-electron chi connectivity index (χ0n) is 10.2. The first-order valence-electron chi connectivity index (χ1n) is 6.00. The van der Waals surface area contributed by atoms with Crippen LogP contribution in [0, 0.1) is 0 Å². The van der Waals surface area contributed by atoms with Crippen molar-refractivity contribution in [3.63, 3.8) is 0 Å². The van der Waals surface area contributed by atoms with Crippen LogP contribution in [-0.2, 0) is 17.6 Å². The summed E-state index contributed by atoms with van der Waals surface area (Å²) in [5.74, 6) is -1.29. The smallest absolute Gasteiger partial charge is 0.332 e. The normalized spacial score (nSPS) is 14.8. The number of carbonyl (C=O) groups is 2. The minimum atomic E-state index is -1.45. The Morgan fingerprint density at radius 1 is 1.42 bits per heavy atom. The Morgan fingerprint density at radius 2 is 2.21 bits per heavy atom. The third kappa shape index (κ3) is 3.65. The number of urea groups is 1. The highest BCUT2D eigenvalue weighted by Gasteiger charge is 2.18. The summed E-state index contributed by atoms with van der Waals surface area (Å²) in [6.45, 7) is 0.0877. The van der Waals surface area contributed by atoms with Gasteiger partial charge in [0.15, 0.2) is 11.2 Å². The molecule has 19 heavy (non-hydrogen) atoms. The number of hydrogen-bond acceptors (Lipinski definition) is 5. The number of amides is 2. The van der Waals surface area contributed by atoms with E-state index in [2.05, 4.69) is 15.6 Å². The molecule has 1 heterocycles. The molecule has 2 amide bonds. The van der Waals surface area contributed by atoms with Crippen LogP contribution in [-0.4, -0.2) is 39.8 Å². The fraction of sp³-hybridized carbons (Fsp3) is 0.545. The second-order valence-electron chi connectivity index (χ2n) is 4.27. The maximum absolute atomic E-state index is 11.5. The minimum Gasteiger partial charge on any atom is -0.479 e. The van der Waals surface area contributed by atoms with Crippen LogP contribution >= 0.6 is 11.3 Å². The molecule has 7 nitrogen and oxygen atoms in total. The van der Waals surface area contributed by atoms with Crippen molar-refractivity contribution in [1.29, 1.82) is 0 Å². The molecule has 8 heteroatoms. The predicted molar refractivity (Wildman–Crippen MR) is 69.4 cm³/mol. The van der Waals surface area contributed by atoms with Crippen molar-refractivity contribution in [3.05, 3.63) is 10.6 Å². The first kappa shape index (κ1) is 13.8. The van der Waals surface area contributed by atoms with Gasteiger partial charge in [0, 0.05) is 17.8 Å². The predicted octanol–water partition coefficient (Wildman–Crippen LogP) is 0.589. The van der Waals surface area contributed by atoms with Crippen molar-refractivity contribution in [2.24, 2.45) is 0 Å². The summed E-state index contributed by atoms with van der Waals surface area (Å²) in [6.07, 6.45) is 1.61. The van der Waals surface area contributed by atoms with Gasteiger partial charge in [0.05, 0.1) is 5.69 Å². The van der Waals surface area contributed by atoms with E-state index >= 15 is 0 Å². The van der Waals surface area contributed by atoms with Gasteiger partial charge >= 0.3 is 12.0 Å². The zero-order valence-corrected chi connectivity index (χ0v) is 11.0. The highest BCUT2D eigenvalue weighted by Crippen LogP contribution is 2.30. The topological polar surface area (TPSA) is 112 Å². The molecule has 0 unspecified atom stereocenters. The van der Waals surface area contributed by atoms with Crippen LogP contribution in [0.5, 0.6) is 0 Å². The van der Waals surface area contributed by atoms with E-state index < -0.39 is 18.1 Å². The third-order valence-corrected chi connectivity index (χ3v) is 3.88. The lowest BCUT2D eigenvalue weighted by molar-refractivity contribution is -0.146. The molecule has 0 fully saturated rings. The Morgan fingerprint density at radius 3 is 2.89 bits per heavy atom. The summed E-state index contributed by atoms with van der Waals surface area (Å²) in [6, 6.07) is -0.440. The number of aliphatic hydroxyl groups excluding tert-OH is 1. The number of hydrogen-bond donors (Lipinski definition) is 4. The van der Waals surface area contributed by atoms with E-state index in [0.717, 1.165) is 25.0 Å². The van der Waals surface area contributed by atoms with Gasteiger partial charge in [0.2, 0.25) is 0 Å². The van der Waals surface area contributed by atoms with Gasteiger partial charge in [-0.25, -0.2) is 14.6 Å². The average Bonchev–Trinajstić information content (AvgIpc) is 2.89. The molecule has 1 aliphatic carbocycles. The van der Waals surface area contributed by atoms with E-state index in [1.165, 1.54) is 16.2 Å². The fourth-order valence-corrected chi connectivity index (χ4v) is 2.88. The van der Waals surface area contributed by atoms with E-state index in [0.29, 0.717) is 5.13 Å². The quantitative estimate of drug-likeness (QED) is 0.632. The molecule has 1 aromatic rings. The molecule has 4 N–H and O–H groups in total. The van der Waals surface area contributed by atoms with Gasteiger partial charge in [-0.2, -0.15) is 0 Å². The number of aliphatic hydroxyl groups is 1. The number of rotatable bonds is 5. The second kappa shape index (κ2) is 5.98. The number of fused-ring (bicyclic) bond motifs is 1. The van der Waals surface area contributed by atoms with Crippen molar-refractivity contribution in [2.75, 3.05) is 11.9 Å². The number of aryl methyl sites for hydroxylation is 2. The monoisotopic (exact) mass is 285 g/mol. The average molecular weight is 285 g/mol. The van der Waals surface area contributed by atoms with E-state index in [1.807, 2.05) is 0 Å². The van der Waals surface area contributed by atoms with Gasteiger partial charge in [0.25, 0.3) is 0 Å². The number of nitrogens with zero attached hydrogens (tertiary/aromatic N) is 1. The van der Waals surface area contributed by atoms with Crippen LogP contribution in [0.2, 0.25) is 0 Å². The molecule has 2 rings (SSSR count). The van der Waals surface area contributed by atoms with Gasteiger partial charge in [-0.3, -0.25) is 5.32 Å². The Hall–Kier alpha value is -1.67. The standard InChI is InChI=1S/C11H15N3O4S/c15-7(9(16)17)4-5-12-10(18)14-11-13-6-2-1-3-8(6)19-11/h7,15H,1-5H2,(H,16,17)(H2,12,13,14,18)/t7-/m0/s1. The number of carbonyl (C=O) groups excluding carboxylic acids is 1. The Kier molecular flexibility index (Phi) is 4.33. The van der Waals surface area contributed by atoms with Gasteiger partial charge in [-0.15, -0.1) is 11.3 Å². The van der Waals surface area contributed by atoms with Crippen LogP contribution in [0.1, 0.15) is 23.4 Å².